The normalized spacial score (nSPS) is 13.9. The molecule has 0 saturated carbocycles. The van der Waals surface area contributed by atoms with Crippen LogP contribution in [0.3, 0.4) is 0 Å². The van der Waals surface area contributed by atoms with Crippen molar-refractivity contribution in [1.82, 2.24) is 9.78 Å². The van der Waals surface area contributed by atoms with Gasteiger partial charge in [0.05, 0.1) is 11.6 Å². The Hall–Kier alpha value is -2.57. The van der Waals surface area contributed by atoms with Gasteiger partial charge in [0.15, 0.2) is 11.5 Å². The molecule has 0 amide bonds. The maximum Gasteiger partial charge on any atom is 0.435 e. The molecule has 0 fully saturated rings. The molecule has 0 aliphatic carbocycles. The number of Topliss-reactive ketones (excluding diaryl/α,β-unsaturated/α-hetero) is 1. The van der Waals surface area contributed by atoms with Crippen molar-refractivity contribution in [3.63, 3.8) is 0 Å². The van der Waals surface area contributed by atoms with E-state index in [9.17, 15) is 28.0 Å². The number of carbonyl (C=O) groups excluding carboxylic acids is 2. The molecule has 1 aromatic heterocycles. The van der Waals surface area contributed by atoms with Crippen molar-refractivity contribution in [2.75, 3.05) is 0 Å². The van der Waals surface area contributed by atoms with Crippen LogP contribution in [-0.4, -0.2) is 27.1 Å². The van der Waals surface area contributed by atoms with Crippen molar-refractivity contribution >= 4 is 35.0 Å². The van der Waals surface area contributed by atoms with Crippen molar-refractivity contribution in [3.05, 3.63) is 51.3 Å². The van der Waals surface area contributed by atoms with E-state index in [0.29, 0.717) is 15.3 Å². The molecule has 0 saturated heterocycles. The molecule has 0 radical (unpaired) electrons. The Morgan fingerprint density at radius 3 is 2.19 bits per heavy atom. The third kappa shape index (κ3) is 5.43. The molecular weight excluding hydrogens is 470 g/mol. The lowest BCUT2D eigenvalue weighted by atomic mass is 9.76. The van der Waals surface area contributed by atoms with Crippen LogP contribution < -0.4 is 0 Å². The molecule has 32 heavy (non-hydrogen) atoms. The lowest BCUT2D eigenvalue weighted by Crippen LogP contribution is -2.43. The first-order valence-corrected chi connectivity index (χ1v) is 10.1. The summed E-state index contributed by atoms with van der Waals surface area (Å²) in [7, 11) is 1.11. The smallest absolute Gasteiger partial charge is 0.435 e. The van der Waals surface area contributed by atoms with Gasteiger partial charge >= 0.3 is 12.1 Å². The van der Waals surface area contributed by atoms with Gasteiger partial charge in [0.2, 0.25) is 5.41 Å². The fourth-order valence-electron chi connectivity index (χ4n) is 2.93. The van der Waals surface area contributed by atoms with Gasteiger partial charge in [-0.05, 0) is 51.3 Å². The number of benzene rings is 1. The molecule has 1 heterocycles. The minimum absolute atomic E-state index is 0.00887. The van der Waals surface area contributed by atoms with E-state index in [4.69, 9.17) is 27.9 Å². The topological polar surface area (TPSA) is 85.0 Å². The summed E-state index contributed by atoms with van der Waals surface area (Å²) in [5.41, 5.74) is -5.71. The quantitative estimate of drug-likeness (QED) is 0.307. The van der Waals surface area contributed by atoms with E-state index in [1.165, 1.54) is 20.8 Å². The number of alkyl halides is 3. The number of rotatable bonds is 6. The highest BCUT2D eigenvalue weighted by atomic mass is 35.5. The van der Waals surface area contributed by atoms with Crippen LogP contribution in [0.1, 0.15) is 48.8 Å². The van der Waals surface area contributed by atoms with Crippen molar-refractivity contribution in [1.29, 1.82) is 5.26 Å². The highest BCUT2D eigenvalue weighted by molar-refractivity contribution is 6.34. The molecule has 6 nitrogen and oxygen atoms in total. The number of esters is 1. The van der Waals surface area contributed by atoms with Crippen LogP contribution >= 0.6 is 23.2 Å². The maximum atomic E-state index is 13.6. The monoisotopic (exact) mass is 489 g/mol. The fraction of sp³-hybridized carbons (Fsp3) is 0.429. The molecular formula is C21H20Cl2F3N3O3. The number of nitriles is 1. The number of aromatic nitrogens is 2. The first-order valence-electron chi connectivity index (χ1n) is 9.36. The predicted octanol–water partition coefficient (Wildman–Crippen LogP) is 5.41. The second kappa shape index (κ2) is 9.12. The van der Waals surface area contributed by atoms with Gasteiger partial charge in [0.1, 0.15) is 10.8 Å². The van der Waals surface area contributed by atoms with Crippen molar-refractivity contribution in [2.45, 2.75) is 45.4 Å². The first kappa shape index (κ1) is 25.7. The number of carbonyl (C=O) groups is 2. The molecule has 0 aliphatic rings. The zero-order valence-electron chi connectivity index (χ0n) is 17.7. The molecule has 0 N–H and O–H groups in total. The van der Waals surface area contributed by atoms with E-state index in [2.05, 4.69) is 5.10 Å². The van der Waals surface area contributed by atoms with Gasteiger partial charge in [-0.2, -0.15) is 23.5 Å². The average Bonchev–Trinajstić information content (AvgIpc) is 2.97. The predicted molar refractivity (Wildman–Crippen MR) is 111 cm³/mol. The number of hydrogen-bond donors (Lipinski definition) is 0. The Morgan fingerprint density at radius 1 is 1.16 bits per heavy atom. The molecule has 0 bridgehead atoms. The van der Waals surface area contributed by atoms with E-state index in [0.717, 1.165) is 7.05 Å². The molecule has 0 aliphatic heterocycles. The number of nitrogens with zero attached hydrogens (tertiary/aromatic N) is 3. The summed E-state index contributed by atoms with van der Waals surface area (Å²) in [6.45, 7) is 4.53. The molecule has 2 aromatic rings. The maximum absolute atomic E-state index is 13.6. The Labute approximate surface area is 192 Å². The highest BCUT2D eigenvalue weighted by Gasteiger charge is 2.53. The molecule has 2 rings (SSSR count). The van der Waals surface area contributed by atoms with Crippen molar-refractivity contribution in [2.24, 2.45) is 12.5 Å². The van der Waals surface area contributed by atoms with Gasteiger partial charge < -0.3 is 4.74 Å². The van der Waals surface area contributed by atoms with Crippen LogP contribution in [0, 0.1) is 16.7 Å². The third-order valence-electron chi connectivity index (χ3n) is 4.50. The summed E-state index contributed by atoms with van der Waals surface area (Å²) in [5.74, 6) is -2.69. The second-order valence-corrected chi connectivity index (χ2v) is 8.90. The fourth-order valence-corrected chi connectivity index (χ4v) is 3.26. The summed E-state index contributed by atoms with van der Waals surface area (Å²) in [4.78, 5) is 26.5. The summed E-state index contributed by atoms with van der Waals surface area (Å²) in [5, 5.41) is 13.0. The molecule has 172 valence electrons. The summed E-state index contributed by atoms with van der Waals surface area (Å²) < 4.78 is 46.6. The van der Waals surface area contributed by atoms with Crippen LogP contribution in [-0.2, 0) is 29.2 Å². The zero-order valence-corrected chi connectivity index (χ0v) is 19.2. The lowest BCUT2D eigenvalue weighted by molar-refractivity contribution is -0.162. The van der Waals surface area contributed by atoms with Gasteiger partial charge in [-0.1, -0.05) is 35.3 Å². The lowest BCUT2D eigenvalue weighted by Gasteiger charge is -2.28. The van der Waals surface area contributed by atoms with Crippen LogP contribution in [0.25, 0.3) is 0 Å². The number of halogens is 5. The van der Waals surface area contributed by atoms with Gasteiger partial charge in [-0.3, -0.25) is 9.48 Å². The van der Waals surface area contributed by atoms with E-state index in [1.54, 1.807) is 30.3 Å². The van der Waals surface area contributed by atoms with Gasteiger partial charge in [-0.15, -0.1) is 0 Å². The van der Waals surface area contributed by atoms with Gasteiger partial charge in [-0.25, -0.2) is 4.79 Å². The second-order valence-electron chi connectivity index (χ2n) is 8.11. The minimum atomic E-state index is -5.04. The number of ether oxygens (including phenoxy) is 1. The molecule has 1 atom stereocenters. The van der Waals surface area contributed by atoms with E-state index in [1.807, 2.05) is 0 Å². The molecule has 11 heteroatoms. The Kier molecular flexibility index (Phi) is 7.32. The zero-order chi connectivity index (χ0) is 24.5. The summed E-state index contributed by atoms with van der Waals surface area (Å²) in [6.07, 6.45) is -5.47. The molecule has 0 spiro atoms. The molecule has 1 unspecified atom stereocenters. The van der Waals surface area contributed by atoms with Gasteiger partial charge in [0, 0.05) is 12.1 Å². The summed E-state index contributed by atoms with van der Waals surface area (Å²) in [6, 6.07) is 7.99. The highest BCUT2D eigenvalue weighted by Crippen LogP contribution is 2.40. The minimum Gasteiger partial charge on any atom is -0.458 e. The third-order valence-corrected chi connectivity index (χ3v) is 5.19. The number of hydrogen-bond acceptors (Lipinski definition) is 5. The number of ketones is 1. The van der Waals surface area contributed by atoms with E-state index < -0.39 is 51.8 Å². The standard InChI is InChI=1S/C21H20Cl2F3N3O3/c1-19(2,3)32-18(31)20(11-27,10-9-12-5-7-13(22)8-6-12)16(30)14-15(21(24,25)26)28-29(4)17(14)23/h5-8H,9-10H2,1-4H3. The summed E-state index contributed by atoms with van der Waals surface area (Å²) >= 11 is 11.8. The Morgan fingerprint density at radius 2 is 1.72 bits per heavy atom. The van der Waals surface area contributed by atoms with Crippen molar-refractivity contribution in [3.8, 4) is 6.07 Å². The van der Waals surface area contributed by atoms with Crippen LogP contribution in [0.5, 0.6) is 0 Å². The average molecular weight is 490 g/mol. The Balaban J connectivity index is 2.62. The first-order chi connectivity index (χ1) is 14.6. The number of aryl methyl sites for hydroxylation is 2. The molecule has 1 aromatic carbocycles. The van der Waals surface area contributed by atoms with Crippen molar-refractivity contribution < 1.29 is 27.5 Å². The van der Waals surface area contributed by atoms with Crippen LogP contribution in [0.15, 0.2) is 24.3 Å². The van der Waals surface area contributed by atoms with E-state index >= 15 is 0 Å². The van der Waals surface area contributed by atoms with Crippen LogP contribution in [0.2, 0.25) is 10.2 Å². The van der Waals surface area contributed by atoms with Gasteiger partial charge in [0.25, 0.3) is 0 Å². The Bertz CT molecular complexity index is 1070. The van der Waals surface area contributed by atoms with E-state index in [-0.39, 0.29) is 6.42 Å². The largest absolute Gasteiger partial charge is 0.458 e. The van der Waals surface area contributed by atoms with Crippen LogP contribution in [0.4, 0.5) is 13.2 Å². The SMILES string of the molecule is Cn1nc(C(F)(F)F)c(C(=O)C(C#N)(CCc2ccc(Cl)cc2)C(=O)OC(C)(C)C)c1Cl.